The molecule has 0 saturated heterocycles. The fourth-order valence-electron chi connectivity index (χ4n) is 2.44. The molecule has 1 heterocycles. The summed E-state index contributed by atoms with van der Waals surface area (Å²) in [6.45, 7) is 0.523. The van der Waals surface area contributed by atoms with Crippen molar-refractivity contribution in [3.8, 4) is 17.6 Å². The van der Waals surface area contributed by atoms with Gasteiger partial charge in [0.05, 0.1) is 17.0 Å². The molecule has 2 aromatic rings. The van der Waals surface area contributed by atoms with Gasteiger partial charge in [-0.3, -0.25) is 9.59 Å². The van der Waals surface area contributed by atoms with Crippen LogP contribution in [0.1, 0.15) is 11.1 Å². The first-order valence-electron chi connectivity index (χ1n) is 8.09. The predicted octanol–water partition coefficient (Wildman–Crippen LogP) is 2.71. The standard InChI is InChI=1S/C19H15ClN2O5/c20-15-9-14(3-2-13(15)10-21)22-18(23)11-27-19(24)8-12-1-4-16-17(7-12)26-6-5-25-16/h1-4,7,9H,5-6,8,11H2,(H,22,23). The van der Waals surface area contributed by atoms with E-state index >= 15 is 0 Å². The number of fused-ring (bicyclic) bond motifs is 1. The highest BCUT2D eigenvalue weighted by Crippen LogP contribution is 2.30. The number of nitrogens with one attached hydrogen (secondary N) is 1. The molecule has 27 heavy (non-hydrogen) atoms. The Labute approximate surface area is 160 Å². The smallest absolute Gasteiger partial charge is 0.310 e. The molecule has 3 rings (SSSR count). The summed E-state index contributed by atoms with van der Waals surface area (Å²) in [5.74, 6) is 0.173. The van der Waals surface area contributed by atoms with Crippen LogP contribution < -0.4 is 14.8 Å². The summed E-state index contributed by atoms with van der Waals surface area (Å²) in [5.41, 5.74) is 1.41. The minimum absolute atomic E-state index is 0.00656. The zero-order valence-corrected chi connectivity index (χ0v) is 14.9. The first kappa shape index (κ1) is 18.5. The van der Waals surface area contributed by atoms with Crippen molar-refractivity contribution < 1.29 is 23.8 Å². The van der Waals surface area contributed by atoms with E-state index in [9.17, 15) is 9.59 Å². The van der Waals surface area contributed by atoms with Gasteiger partial charge in [0.1, 0.15) is 19.3 Å². The Hall–Kier alpha value is -3.24. The largest absolute Gasteiger partial charge is 0.486 e. The molecule has 0 atom stereocenters. The van der Waals surface area contributed by atoms with E-state index in [0.29, 0.717) is 41.5 Å². The number of esters is 1. The number of anilines is 1. The summed E-state index contributed by atoms with van der Waals surface area (Å²) in [4.78, 5) is 23.8. The first-order chi connectivity index (χ1) is 13.0. The van der Waals surface area contributed by atoms with Gasteiger partial charge in [0.25, 0.3) is 5.91 Å². The zero-order valence-electron chi connectivity index (χ0n) is 14.2. The van der Waals surface area contributed by atoms with Crippen LogP contribution in [0.25, 0.3) is 0 Å². The minimum atomic E-state index is -0.542. The highest BCUT2D eigenvalue weighted by molar-refractivity contribution is 6.32. The molecule has 1 amide bonds. The van der Waals surface area contributed by atoms with Gasteiger partial charge in [0, 0.05) is 5.69 Å². The predicted molar refractivity (Wildman–Crippen MR) is 96.9 cm³/mol. The van der Waals surface area contributed by atoms with E-state index in [1.165, 1.54) is 12.1 Å². The van der Waals surface area contributed by atoms with Crippen molar-refractivity contribution in [3.63, 3.8) is 0 Å². The van der Waals surface area contributed by atoms with E-state index in [0.717, 1.165) is 0 Å². The van der Waals surface area contributed by atoms with E-state index in [2.05, 4.69) is 5.32 Å². The maximum absolute atomic E-state index is 11.9. The van der Waals surface area contributed by atoms with Crippen LogP contribution in [0.5, 0.6) is 11.5 Å². The molecule has 0 bridgehead atoms. The monoisotopic (exact) mass is 386 g/mol. The number of rotatable bonds is 5. The van der Waals surface area contributed by atoms with Gasteiger partial charge in [-0.1, -0.05) is 17.7 Å². The molecule has 138 valence electrons. The van der Waals surface area contributed by atoms with Crippen LogP contribution in [0.2, 0.25) is 5.02 Å². The Bertz CT molecular complexity index is 923. The van der Waals surface area contributed by atoms with Crippen LogP contribution in [0.15, 0.2) is 36.4 Å². The maximum atomic E-state index is 11.9. The third-order valence-corrected chi connectivity index (χ3v) is 4.01. The lowest BCUT2D eigenvalue weighted by molar-refractivity contribution is -0.146. The minimum Gasteiger partial charge on any atom is -0.486 e. The Morgan fingerprint density at radius 2 is 1.93 bits per heavy atom. The first-order valence-corrected chi connectivity index (χ1v) is 8.46. The molecule has 1 N–H and O–H groups in total. The molecule has 0 aromatic heterocycles. The second-order valence-electron chi connectivity index (χ2n) is 5.67. The van der Waals surface area contributed by atoms with Crippen molar-refractivity contribution in [1.29, 1.82) is 5.26 Å². The Morgan fingerprint density at radius 3 is 2.67 bits per heavy atom. The summed E-state index contributed by atoms with van der Waals surface area (Å²) < 4.78 is 15.9. The van der Waals surface area contributed by atoms with Crippen LogP contribution in [0.4, 0.5) is 5.69 Å². The number of hydrogen-bond acceptors (Lipinski definition) is 6. The van der Waals surface area contributed by atoms with Crippen LogP contribution in [0, 0.1) is 11.3 Å². The number of amides is 1. The van der Waals surface area contributed by atoms with Crippen LogP contribution in [0.3, 0.4) is 0 Å². The third kappa shape index (κ3) is 4.90. The molecule has 0 saturated carbocycles. The van der Waals surface area contributed by atoms with E-state index in [-0.39, 0.29) is 11.4 Å². The van der Waals surface area contributed by atoms with Gasteiger partial charge in [0.15, 0.2) is 18.1 Å². The number of nitriles is 1. The van der Waals surface area contributed by atoms with Gasteiger partial charge in [-0.25, -0.2) is 0 Å². The van der Waals surface area contributed by atoms with E-state index < -0.39 is 18.5 Å². The second-order valence-corrected chi connectivity index (χ2v) is 6.08. The van der Waals surface area contributed by atoms with Crippen molar-refractivity contribution in [2.45, 2.75) is 6.42 Å². The number of carbonyl (C=O) groups is 2. The molecule has 0 unspecified atom stereocenters. The quantitative estimate of drug-likeness (QED) is 0.793. The molecule has 1 aliphatic heterocycles. The van der Waals surface area contributed by atoms with Gasteiger partial charge in [-0.15, -0.1) is 0 Å². The molecule has 2 aromatic carbocycles. The maximum Gasteiger partial charge on any atom is 0.310 e. The Morgan fingerprint density at radius 1 is 1.15 bits per heavy atom. The van der Waals surface area contributed by atoms with Crippen molar-refractivity contribution in [2.24, 2.45) is 0 Å². The number of carbonyl (C=O) groups excluding carboxylic acids is 2. The van der Waals surface area contributed by atoms with Crippen molar-refractivity contribution in [1.82, 2.24) is 0 Å². The SMILES string of the molecule is N#Cc1ccc(NC(=O)COC(=O)Cc2ccc3c(c2)OCCO3)cc1Cl. The van der Waals surface area contributed by atoms with Crippen LogP contribution in [-0.2, 0) is 20.7 Å². The summed E-state index contributed by atoms with van der Waals surface area (Å²) in [6.07, 6.45) is 0.00656. The van der Waals surface area contributed by atoms with E-state index in [1.807, 2.05) is 6.07 Å². The molecule has 0 radical (unpaired) electrons. The molecule has 1 aliphatic rings. The lowest BCUT2D eigenvalue weighted by atomic mass is 10.1. The number of nitrogens with zero attached hydrogens (tertiary/aromatic N) is 1. The lowest BCUT2D eigenvalue weighted by Gasteiger charge is -2.18. The van der Waals surface area contributed by atoms with Gasteiger partial charge in [-0.05, 0) is 35.9 Å². The van der Waals surface area contributed by atoms with Crippen molar-refractivity contribution >= 4 is 29.2 Å². The topological polar surface area (TPSA) is 97.7 Å². The summed E-state index contributed by atoms with van der Waals surface area (Å²) in [7, 11) is 0. The van der Waals surface area contributed by atoms with Gasteiger partial charge in [-0.2, -0.15) is 5.26 Å². The molecule has 7 nitrogen and oxygen atoms in total. The molecular formula is C19H15ClN2O5. The van der Waals surface area contributed by atoms with Gasteiger partial charge >= 0.3 is 5.97 Å². The number of halogens is 1. The molecular weight excluding hydrogens is 372 g/mol. The van der Waals surface area contributed by atoms with Crippen LogP contribution in [-0.4, -0.2) is 31.7 Å². The summed E-state index contributed by atoms with van der Waals surface area (Å²) >= 11 is 5.90. The second kappa shape index (κ2) is 8.43. The van der Waals surface area contributed by atoms with Crippen LogP contribution >= 0.6 is 11.6 Å². The number of ether oxygens (including phenoxy) is 3. The average Bonchev–Trinajstić information content (AvgIpc) is 2.66. The van der Waals surface area contributed by atoms with E-state index in [1.54, 1.807) is 24.3 Å². The zero-order chi connectivity index (χ0) is 19.2. The highest BCUT2D eigenvalue weighted by atomic mass is 35.5. The molecule has 8 heteroatoms. The van der Waals surface area contributed by atoms with Gasteiger partial charge < -0.3 is 19.5 Å². The Kier molecular flexibility index (Phi) is 5.79. The lowest BCUT2D eigenvalue weighted by Crippen LogP contribution is -2.21. The number of hydrogen-bond donors (Lipinski definition) is 1. The van der Waals surface area contributed by atoms with Crippen molar-refractivity contribution in [3.05, 3.63) is 52.5 Å². The van der Waals surface area contributed by atoms with E-state index in [4.69, 9.17) is 31.1 Å². The fraction of sp³-hybridized carbons (Fsp3) is 0.211. The average molecular weight is 387 g/mol. The molecule has 0 spiro atoms. The fourth-order valence-corrected chi connectivity index (χ4v) is 2.66. The highest BCUT2D eigenvalue weighted by Gasteiger charge is 2.14. The molecule has 0 fully saturated rings. The summed E-state index contributed by atoms with van der Waals surface area (Å²) in [6, 6.07) is 11.6. The normalized spacial score (nSPS) is 12.0. The summed E-state index contributed by atoms with van der Waals surface area (Å²) in [5, 5.41) is 11.6. The Balaban J connectivity index is 1.49. The van der Waals surface area contributed by atoms with Crippen molar-refractivity contribution in [2.75, 3.05) is 25.1 Å². The molecule has 0 aliphatic carbocycles. The van der Waals surface area contributed by atoms with Gasteiger partial charge in [0.2, 0.25) is 0 Å². The third-order valence-electron chi connectivity index (χ3n) is 3.69. The number of benzene rings is 2.